The van der Waals surface area contributed by atoms with E-state index in [1.165, 1.54) is 18.4 Å². The number of hydrogen-bond acceptors (Lipinski definition) is 7. The minimum atomic E-state index is -3.19. The van der Waals surface area contributed by atoms with Gasteiger partial charge in [-0.2, -0.15) is 5.10 Å². The van der Waals surface area contributed by atoms with Crippen LogP contribution in [0, 0.1) is 5.82 Å². The number of aromatic nitrogens is 6. The number of rotatable bonds is 9. The summed E-state index contributed by atoms with van der Waals surface area (Å²) in [6.45, 7) is 1.95. The molecule has 4 heterocycles. The number of fused-ring (bicyclic) bond motifs is 2. The van der Waals surface area contributed by atoms with Crippen molar-refractivity contribution in [2.45, 2.75) is 26.2 Å². The number of halogens is 1. The van der Waals surface area contributed by atoms with Gasteiger partial charge >= 0.3 is 0 Å². The average molecular weight is 598 g/mol. The molecular formula is C31H28FN7O3S. The minimum absolute atomic E-state index is 0.0661. The Balaban J connectivity index is 1.37. The SMILES string of the molecule is CCCC(=O)Nc1cncc(-c2cnc3n[nH]c(-c4nc5c(-c6cc(F)cc(CCS(C)(=O)=O)c6)cccc5[nH]4)c3c2)c1. The predicted octanol–water partition coefficient (Wildman–Crippen LogP) is 5.70. The molecule has 218 valence electrons. The second kappa shape index (κ2) is 11.4. The van der Waals surface area contributed by atoms with Gasteiger partial charge in [-0.15, -0.1) is 0 Å². The molecule has 43 heavy (non-hydrogen) atoms. The number of carbonyl (C=O) groups is 1. The summed E-state index contributed by atoms with van der Waals surface area (Å²) in [6.07, 6.45) is 7.56. The maximum atomic E-state index is 14.6. The second-order valence-corrected chi connectivity index (χ2v) is 12.7. The van der Waals surface area contributed by atoms with Crippen LogP contribution in [0.1, 0.15) is 25.3 Å². The van der Waals surface area contributed by atoms with E-state index in [2.05, 4.69) is 30.5 Å². The van der Waals surface area contributed by atoms with E-state index in [1.54, 1.807) is 24.7 Å². The quantitative estimate of drug-likeness (QED) is 0.194. The maximum Gasteiger partial charge on any atom is 0.224 e. The number of nitrogens with one attached hydrogen (secondary N) is 3. The molecule has 12 heteroatoms. The van der Waals surface area contributed by atoms with Crippen molar-refractivity contribution in [1.29, 1.82) is 0 Å². The van der Waals surface area contributed by atoms with Crippen LogP contribution in [0.4, 0.5) is 10.1 Å². The first-order valence-electron chi connectivity index (χ1n) is 13.7. The van der Waals surface area contributed by atoms with Crippen molar-refractivity contribution in [2.75, 3.05) is 17.3 Å². The molecule has 0 saturated heterocycles. The Kier molecular flexibility index (Phi) is 7.45. The molecule has 0 fully saturated rings. The highest BCUT2D eigenvalue weighted by atomic mass is 32.2. The second-order valence-electron chi connectivity index (χ2n) is 10.5. The summed E-state index contributed by atoms with van der Waals surface area (Å²) >= 11 is 0. The van der Waals surface area contributed by atoms with Gasteiger partial charge in [-0.3, -0.25) is 14.9 Å². The zero-order valence-electron chi connectivity index (χ0n) is 23.5. The number of hydrogen-bond donors (Lipinski definition) is 3. The van der Waals surface area contributed by atoms with Crippen LogP contribution in [0.25, 0.3) is 55.8 Å². The van der Waals surface area contributed by atoms with Crippen LogP contribution in [-0.2, 0) is 21.1 Å². The molecule has 0 unspecified atom stereocenters. The number of anilines is 1. The van der Waals surface area contributed by atoms with Gasteiger partial charge < -0.3 is 10.3 Å². The van der Waals surface area contributed by atoms with E-state index in [9.17, 15) is 17.6 Å². The summed E-state index contributed by atoms with van der Waals surface area (Å²) in [6, 6.07) is 13.9. The summed E-state index contributed by atoms with van der Waals surface area (Å²) < 4.78 is 37.9. The lowest BCUT2D eigenvalue weighted by Crippen LogP contribution is -2.10. The van der Waals surface area contributed by atoms with E-state index in [0.29, 0.717) is 51.5 Å². The largest absolute Gasteiger partial charge is 0.337 e. The molecule has 0 atom stereocenters. The summed E-state index contributed by atoms with van der Waals surface area (Å²) in [5.41, 5.74) is 6.55. The van der Waals surface area contributed by atoms with Gasteiger partial charge in [0.2, 0.25) is 5.91 Å². The van der Waals surface area contributed by atoms with Gasteiger partial charge in [-0.1, -0.05) is 25.1 Å². The van der Waals surface area contributed by atoms with E-state index >= 15 is 0 Å². The average Bonchev–Trinajstić information content (AvgIpc) is 3.59. The van der Waals surface area contributed by atoms with Crippen molar-refractivity contribution in [2.24, 2.45) is 0 Å². The Bertz CT molecular complexity index is 2100. The molecule has 0 aliphatic heterocycles. The number of nitrogens with zero attached hydrogens (tertiary/aromatic N) is 4. The Labute approximate surface area is 246 Å². The number of aromatic amines is 2. The van der Waals surface area contributed by atoms with Crippen molar-refractivity contribution in [3.05, 3.63) is 78.5 Å². The Morgan fingerprint density at radius 2 is 1.86 bits per heavy atom. The van der Waals surface area contributed by atoms with Crippen molar-refractivity contribution in [1.82, 2.24) is 30.1 Å². The van der Waals surface area contributed by atoms with Crippen LogP contribution in [0.15, 0.2) is 67.1 Å². The van der Waals surface area contributed by atoms with Gasteiger partial charge in [-0.05, 0) is 54.3 Å². The van der Waals surface area contributed by atoms with Crippen LogP contribution in [0.3, 0.4) is 0 Å². The standard InChI is InChI=1S/C31H28FN7O3S/c1-3-5-27(40)35-23-13-20(15-33-17-23)21-14-25-29(38-39-30(25)34-16-21)31-36-26-7-4-6-24(28(26)37-31)19-10-18(11-22(32)12-19)8-9-43(2,41)42/h4,6-7,10-17H,3,5,8-9H2,1-2H3,(H,35,40)(H,36,37)(H,34,38,39). The van der Waals surface area contributed by atoms with Crippen molar-refractivity contribution in [3.8, 4) is 33.8 Å². The fraction of sp³-hybridized carbons (Fsp3) is 0.194. The molecular weight excluding hydrogens is 569 g/mol. The maximum absolute atomic E-state index is 14.6. The van der Waals surface area contributed by atoms with Crippen molar-refractivity contribution >= 4 is 43.5 Å². The first-order chi connectivity index (χ1) is 20.7. The molecule has 6 rings (SSSR count). The number of benzene rings is 2. The number of H-pyrrole nitrogens is 2. The Hall–Kier alpha value is -4.97. The molecule has 0 radical (unpaired) electrons. The van der Waals surface area contributed by atoms with E-state index in [-0.39, 0.29) is 18.1 Å². The Morgan fingerprint density at radius 1 is 1.02 bits per heavy atom. The highest BCUT2D eigenvalue weighted by Crippen LogP contribution is 2.33. The van der Waals surface area contributed by atoms with Crippen LogP contribution in [-0.4, -0.2) is 56.5 Å². The summed E-state index contributed by atoms with van der Waals surface area (Å²) in [5.74, 6) is -0.0600. The van der Waals surface area contributed by atoms with E-state index in [4.69, 9.17) is 4.98 Å². The molecule has 0 saturated carbocycles. The summed E-state index contributed by atoms with van der Waals surface area (Å²) in [4.78, 5) is 29.1. The topological polar surface area (TPSA) is 146 Å². The van der Waals surface area contributed by atoms with Crippen molar-refractivity contribution in [3.63, 3.8) is 0 Å². The zero-order chi connectivity index (χ0) is 30.1. The van der Waals surface area contributed by atoms with Gasteiger partial charge in [0, 0.05) is 41.8 Å². The first kappa shape index (κ1) is 28.2. The van der Waals surface area contributed by atoms with Gasteiger partial charge in [0.25, 0.3) is 0 Å². The molecule has 0 aliphatic carbocycles. The molecule has 6 aromatic rings. The molecule has 3 N–H and O–H groups in total. The fourth-order valence-electron chi connectivity index (χ4n) is 4.99. The number of aryl methyl sites for hydroxylation is 1. The van der Waals surface area contributed by atoms with Crippen molar-refractivity contribution < 1.29 is 17.6 Å². The minimum Gasteiger partial charge on any atom is -0.337 e. The lowest BCUT2D eigenvalue weighted by Gasteiger charge is -2.07. The molecule has 10 nitrogen and oxygen atoms in total. The zero-order valence-corrected chi connectivity index (χ0v) is 24.3. The van der Waals surface area contributed by atoms with Gasteiger partial charge in [0.05, 0.1) is 34.1 Å². The number of imidazole rings is 1. The first-order valence-corrected chi connectivity index (χ1v) is 15.8. The third-order valence-electron chi connectivity index (χ3n) is 7.02. The van der Waals surface area contributed by atoms with Crippen LogP contribution >= 0.6 is 0 Å². The molecule has 0 spiro atoms. The predicted molar refractivity (Wildman–Crippen MR) is 165 cm³/mol. The summed E-state index contributed by atoms with van der Waals surface area (Å²) in [7, 11) is -3.19. The smallest absolute Gasteiger partial charge is 0.224 e. The van der Waals surface area contributed by atoms with E-state index < -0.39 is 15.7 Å². The normalized spacial score (nSPS) is 11.8. The lowest BCUT2D eigenvalue weighted by molar-refractivity contribution is -0.116. The number of amides is 1. The lowest BCUT2D eigenvalue weighted by atomic mass is 10.0. The Morgan fingerprint density at radius 3 is 2.67 bits per heavy atom. The van der Waals surface area contributed by atoms with Crippen LogP contribution in [0.2, 0.25) is 0 Å². The van der Waals surface area contributed by atoms with E-state index in [1.807, 2.05) is 37.3 Å². The third kappa shape index (κ3) is 6.14. The molecule has 2 aromatic carbocycles. The van der Waals surface area contributed by atoms with Gasteiger partial charge in [0.15, 0.2) is 11.5 Å². The highest BCUT2D eigenvalue weighted by molar-refractivity contribution is 7.90. The number of sulfone groups is 1. The third-order valence-corrected chi connectivity index (χ3v) is 7.97. The molecule has 0 aliphatic rings. The molecule has 4 aromatic heterocycles. The molecule has 0 bridgehead atoms. The van der Waals surface area contributed by atoms with Gasteiger partial charge in [0.1, 0.15) is 21.3 Å². The van der Waals surface area contributed by atoms with E-state index in [0.717, 1.165) is 28.5 Å². The summed E-state index contributed by atoms with van der Waals surface area (Å²) in [5, 5.41) is 11.0. The highest BCUT2D eigenvalue weighted by Gasteiger charge is 2.17. The number of pyridine rings is 2. The fourth-order valence-corrected chi connectivity index (χ4v) is 5.60. The molecule has 1 amide bonds. The van der Waals surface area contributed by atoms with Crippen LogP contribution in [0.5, 0.6) is 0 Å². The monoisotopic (exact) mass is 597 g/mol. The number of para-hydroxylation sites is 1. The van der Waals surface area contributed by atoms with Gasteiger partial charge in [-0.25, -0.2) is 22.8 Å². The number of carbonyl (C=O) groups excluding carboxylic acids is 1. The van der Waals surface area contributed by atoms with Crippen LogP contribution < -0.4 is 5.32 Å².